The van der Waals surface area contributed by atoms with Gasteiger partial charge in [0.15, 0.2) is 0 Å². The van der Waals surface area contributed by atoms with E-state index in [1.54, 1.807) is 0 Å². The highest BCUT2D eigenvalue weighted by atomic mass is 35.5. The molecule has 1 unspecified atom stereocenters. The molecule has 0 spiro atoms. The lowest BCUT2D eigenvalue weighted by Gasteiger charge is -2.26. The summed E-state index contributed by atoms with van der Waals surface area (Å²) in [4.78, 5) is 4.57. The first-order chi connectivity index (χ1) is 8.64. The van der Waals surface area contributed by atoms with Crippen LogP contribution in [0, 0.1) is 0 Å². The van der Waals surface area contributed by atoms with Crippen LogP contribution in [0.1, 0.15) is 19.2 Å². The number of fused-ring (bicyclic) bond motifs is 1. The van der Waals surface area contributed by atoms with Crippen LogP contribution in [0.3, 0.4) is 0 Å². The highest BCUT2D eigenvalue weighted by Gasteiger charge is 2.34. The van der Waals surface area contributed by atoms with Crippen LogP contribution in [0.2, 0.25) is 5.02 Å². The third kappa shape index (κ3) is 1.81. The number of rotatable bonds is 2. The molecule has 2 aromatic rings. The lowest BCUT2D eigenvalue weighted by molar-refractivity contribution is 0.162. The molecule has 1 aliphatic heterocycles. The molecule has 0 radical (unpaired) electrons. The molecule has 1 atom stereocenters. The summed E-state index contributed by atoms with van der Waals surface area (Å²) in [5, 5.41) is 0.695. The van der Waals surface area contributed by atoms with E-state index >= 15 is 0 Å². The van der Waals surface area contributed by atoms with Crippen molar-refractivity contribution in [1.29, 1.82) is 0 Å². The van der Waals surface area contributed by atoms with Crippen LogP contribution >= 0.6 is 23.2 Å². The van der Waals surface area contributed by atoms with E-state index in [0.717, 1.165) is 29.9 Å². The first-order valence-corrected chi connectivity index (χ1v) is 6.86. The van der Waals surface area contributed by atoms with E-state index in [9.17, 15) is 0 Å². The quantitative estimate of drug-likeness (QED) is 0.789. The molecule has 1 fully saturated rings. The Bertz CT molecular complexity index is 588. The number of benzene rings is 1. The lowest BCUT2D eigenvalue weighted by atomic mass is 10.0. The standard InChI is InChI=1S/C13H14Cl2N2O/c1-13(4-5-18-8-13)17-11-3-2-9(15)6-10(11)16-12(17)7-14/h2-3,6H,4-5,7-8H2,1H3. The van der Waals surface area contributed by atoms with E-state index in [1.165, 1.54) is 0 Å². The molecule has 96 valence electrons. The van der Waals surface area contributed by atoms with Gasteiger partial charge in [-0.05, 0) is 31.5 Å². The number of halogens is 2. The molecular formula is C13H14Cl2N2O. The van der Waals surface area contributed by atoms with Crippen molar-refractivity contribution >= 4 is 34.2 Å². The van der Waals surface area contributed by atoms with Gasteiger partial charge >= 0.3 is 0 Å². The smallest absolute Gasteiger partial charge is 0.125 e. The Balaban J connectivity index is 2.25. The summed E-state index contributed by atoms with van der Waals surface area (Å²) in [5.74, 6) is 1.27. The number of ether oxygens (including phenoxy) is 1. The topological polar surface area (TPSA) is 27.1 Å². The molecule has 0 N–H and O–H groups in total. The highest BCUT2D eigenvalue weighted by Crippen LogP contribution is 2.33. The minimum atomic E-state index is -0.0627. The number of imidazole rings is 1. The predicted molar refractivity (Wildman–Crippen MR) is 73.4 cm³/mol. The number of nitrogens with zero attached hydrogens (tertiary/aromatic N) is 2. The number of alkyl halides is 1. The third-order valence-corrected chi connectivity index (χ3v) is 4.02. The molecule has 2 heterocycles. The van der Waals surface area contributed by atoms with Gasteiger partial charge in [-0.25, -0.2) is 4.98 Å². The second kappa shape index (κ2) is 4.41. The summed E-state index contributed by atoms with van der Waals surface area (Å²) in [6, 6.07) is 5.77. The summed E-state index contributed by atoms with van der Waals surface area (Å²) in [5.41, 5.74) is 1.90. The maximum absolute atomic E-state index is 6.03. The molecule has 18 heavy (non-hydrogen) atoms. The molecule has 0 amide bonds. The Labute approximate surface area is 116 Å². The molecule has 5 heteroatoms. The van der Waals surface area contributed by atoms with Crippen LogP contribution in [0.4, 0.5) is 0 Å². The zero-order valence-electron chi connectivity index (χ0n) is 10.1. The maximum Gasteiger partial charge on any atom is 0.125 e. The van der Waals surface area contributed by atoms with Crippen LogP contribution in [0.15, 0.2) is 18.2 Å². The van der Waals surface area contributed by atoms with E-state index < -0.39 is 0 Å². The normalized spacial score (nSPS) is 23.9. The van der Waals surface area contributed by atoms with Gasteiger partial charge in [0, 0.05) is 11.6 Å². The van der Waals surface area contributed by atoms with Gasteiger partial charge in [-0.2, -0.15) is 0 Å². The van der Waals surface area contributed by atoms with Crippen molar-refractivity contribution in [2.24, 2.45) is 0 Å². The minimum Gasteiger partial charge on any atom is -0.379 e. The monoisotopic (exact) mass is 284 g/mol. The fourth-order valence-electron chi connectivity index (χ4n) is 2.63. The maximum atomic E-state index is 6.03. The van der Waals surface area contributed by atoms with Crippen LogP contribution in [0.25, 0.3) is 11.0 Å². The zero-order valence-corrected chi connectivity index (χ0v) is 11.6. The van der Waals surface area contributed by atoms with Crippen molar-refractivity contribution < 1.29 is 4.74 Å². The van der Waals surface area contributed by atoms with E-state index in [2.05, 4.69) is 16.5 Å². The van der Waals surface area contributed by atoms with Crippen molar-refractivity contribution in [3.8, 4) is 0 Å². The molecule has 0 saturated carbocycles. The van der Waals surface area contributed by atoms with Crippen molar-refractivity contribution in [1.82, 2.24) is 9.55 Å². The van der Waals surface area contributed by atoms with Gasteiger partial charge in [-0.1, -0.05) is 11.6 Å². The van der Waals surface area contributed by atoms with E-state index in [1.807, 2.05) is 18.2 Å². The van der Waals surface area contributed by atoms with Crippen LogP contribution < -0.4 is 0 Å². The van der Waals surface area contributed by atoms with Gasteiger partial charge in [0.1, 0.15) is 5.82 Å². The average Bonchev–Trinajstić information content (AvgIpc) is 2.92. The summed E-state index contributed by atoms with van der Waals surface area (Å²) in [6.07, 6.45) is 0.977. The van der Waals surface area contributed by atoms with Gasteiger partial charge in [-0.15, -0.1) is 11.6 Å². The average molecular weight is 285 g/mol. The molecule has 3 nitrogen and oxygen atoms in total. The van der Waals surface area contributed by atoms with Gasteiger partial charge < -0.3 is 9.30 Å². The number of hydrogen-bond donors (Lipinski definition) is 0. The van der Waals surface area contributed by atoms with Crippen molar-refractivity contribution in [2.45, 2.75) is 24.8 Å². The fourth-order valence-corrected chi connectivity index (χ4v) is 2.97. The Morgan fingerprint density at radius 2 is 2.33 bits per heavy atom. The molecule has 1 aliphatic rings. The summed E-state index contributed by atoms with van der Waals surface area (Å²) >= 11 is 12.0. The van der Waals surface area contributed by atoms with Crippen molar-refractivity contribution in [3.05, 3.63) is 29.0 Å². The Hall–Kier alpha value is -0.770. The first-order valence-electron chi connectivity index (χ1n) is 5.95. The lowest BCUT2D eigenvalue weighted by Crippen LogP contribution is -2.31. The predicted octanol–water partition coefficient (Wildman–Crippen LogP) is 3.56. The van der Waals surface area contributed by atoms with Crippen LogP contribution in [-0.2, 0) is 16.2 Å². The van der Waals surface area contributed by atoms with E-state index in [0.29, 0.717) is 17.5 Å². The van der Waals surface area contributed by atoms with E-state index in [-0.39, 0.29) is 5.54 Å². The minimum absolute atomic E-state index is 0.0627. The Morgan fingerprint density at radius 1 is 1.50 bits per heavy atom. The van der Waals surface area contributed by atoms with E-state index in [4.69, 9.17) is 27.9 Å². The van der Waals surface area contributed by atoms with Crippen molar-refractivity contribution in [3.63, 3.8) is 0 Å². The van der Waals surface area contributed by atoms with Crippen LogP contribution in [-0.4, -0.2) is 22.8 Å². The van der Waals surface area contributed by atoms with Gasteiger partial charge in [0.2, 0.25) is 0 Å². The molecule has 1 aromatic heterocycles. The second-order valence-corrected chi connectivity index (χ2v) is 5.63. The van der Waals surface area contributed by atoms with Crippen molar-refractivity contribution in [2.75, 3.05) is 13.2 Å². The first kappa shape index (κ1) is 12.3. The molecular weight excluding hydrogens is 271 g/mol. The molecule has 3 rings (SSSR count). The zero-order chi connectivity index (χ0) is 12.8. The Morgan fingerprint density at radius 3 is 3.00 bits per heavy atom. The largest absolute Gasteiger partial charge is 0.379 e. The van der Waals surface area contributed by atoms with Gasteiger partial charge in [-0.3, -0.25) is 0 Å². The molecule has 1 aromatic carbocycles. The molecule has 0 bridgehead atoms. The molecule has 0 aliphatic carbocycles. The highest BCUT2D eigenvalue weighted by molar-refractivity contribution is 6.31. The van der Waals surface area contributed by atoms with Gasteiger partial charge in [0.05, 0.1) is 29.1 Å². The van der Waals surface area contributed by atoms with Crippen LogP contribution in [0.5, 0.6) is 0 Å². The summed E-state index contributed by atoms with van der Waals surface area (Å²) < 4.78 is 7.75. The summed E-state index contributed by atoms with van der Waals surface area (Å²) in [7, 11) is 0. The summed E-state index contributed by atoms with van der Waals surface area (Å²) in [6.45, 7) is 3.67. The van der Waals surface area contributed by atoms with Gasteiger partial charge in [0.25, 0.3) is 0 Å². The SMILES string of the molecule is CC1(n2c(CCl)nc3cc(Cl)ccc32)CCOC1. The third-order valence-electron chi connectivity index (χ3n) is 3.54. The fraction of sp³-hybridized carbons (Fsp3) is 0.462. The Kier molecular flexibility index (Phi) is 3.00. The second-order valence-electron chi connectivity index (χ2n) is 4.93. The number of aromatic nitrogens is 2. The number of hydrogen-bond acceptors (Lipinski definition) is 2. The molecule has 1 saturated heterocycles.